The van der Waals surface area contributed by atoms with Gasteiger partial charge >= 0.3 is 0 Å². The minimum Gasteiger partial charge on any atom is -0.456 e. The summed E-state index contributed by atoms with van der Waals surface area (Å²) in [6.45, 7) is 0. The van der Waals surface area contributed by atoms with Gasteiger partial charge in [-0.15, -0.1) is 0 Å². The lowest BCUT2D eigenvalue weighted by Gasteiger charge is -2.27. The number of benzene rings is 15. The number of rotatable bonds is 9. The maximum Gasteiger partial charge on any atom is 0.138 e. The minimum absolute atomic E-state index is 0.841. The van der Waals surface area contributed by atoms with Gasteiger partial charge in [0.25, 0.3) is 0 Å². The third-order valence-electron chi connectivity index (χ3n) is 18.1. The zero-order valence-electron chi connectivity index (χ0n) is 49.7. The molecule has 6 nitrogen and oxygen atoms in total. The van der Waals surface area contributed by atoms with Crippen LogP contribution >= 0.6 is 0 Å². The number of para-hydroxylation sites is 3. The third-order valence-corrected chi connectivity index (χ3v) is 18.1. The van der Waals surface area contributed by atoms with Crippen molar-refractivity contribution in [2.24, 2.45) is 0 Å². The highest BCUT2D eigenvalue weighted by molar-refractivity contribution is 6.33. The summed E-state index contributed by atoms with van der Waals surface area (Å²) in [6, 6.07) is 115. The van der Waals surface area contributed by atoms with Crippen LogP contribution in [0.4, 0.5) is 34.1 Å². The Morgan fingerprint density at radius 3 is 0.772 bits per heavy atom. The molecule has 0 N–H and O–H groups in total. The van der Waals surface area contributed by atoms with Gasteiger partial charge in [-0.05, 0) is 129 Å². The van der Waals surface area contributed by atoms with Crippen molar-refractivity contribution in [3.8, 4) is 33.4 Å². The Labute approximate surface area is 528 Å². The van der Waals surface area contributed by atoms with Crippen molar-refractivity contribution in [2.45, 2.75) is 0 Å². The van der Waals surface area contributed by atoms with E-state index in [2.05, 4.69) is 283 Å². The fraction of sp³-hybridized carbons (Fsp3) is 0. The second-order valence-corrected chi connectivity index (χ2v) is 23.4. The molecule has 432 valence electrons. The molecule has 0 aliphatic heterocycles. The molecule has 0 bridgehead atoms. The van der Waals surface area contributed by atoms with Crippen LogP contribution in [-0.2, 0) is 0 Å². The zero-order chi connectivity index (χ0) is 60.6. The number of hydrogen-bond donors (Lipinski definition) is 0. The Balaban J connectivity index is 0.000000137. The average Bonchev–Trinajstić information content (AvgIpc) is 1.54. The van der Waals surface area contributed by atoms with Gasteiger partial charge in [0.2, 0.25) is 0 Å². The Hall–Kier alpha value is -12.4. The summed E-state index contributed by atoms with van der Waals surface area (Å²) in [4.78, 5) is 4.67. The van der Waals surface area contributed by atoms with E-state index in [1.165, 1.54) is 33.4 Å². The second-order valence-electron chi connectivity index (χ2n) is 23.4. The number of furan rings is 4. The first-order valence-corrected chi connectivity index (χ1v) is 31.1. The molecule has 92 heavy (non-hydrogen) atoms. The van der Waals surface area contributed by atoms with E-state index < -0.39 is 0 Å². The van der Waals surface area contributed by atoms with Crippen molar-refractivity contribution in [1.82, 2.24) is 0 Å². The number of anilines is 6. The minimum atomic E-state index is 0.841. The van der Waals surface area contributed by atoms with Crippen LogP contribution in [0, 0.1) is 0 Å². The fourth-order valence-electron chi connectivity index (χ4n) is 13.9. The molecule has 4 aromatic heterocycles. The van der Waals surface area contributed by atoms with Crippen LogP contribution < -0.4 is 9.80 Å². The van der Waals surface area contributed by atoms with Gasteiger partial charge in [0.15, 0.2) is 0 Å². The summed E-state index contributed by atoms with van der Waals surface area (Å²) in [7, 11) is 0. The van der Waals surface area contributed by atoms with Gasteiger partial charge in [0, 0.05) is 88.7 Å². The quantitative estimate of drug-likeness (QED) is 0.144. The van der Waals surface area contributed by atoms with Crippen LogP contribution in [-0.4, -0.2) is 0 Å². The average molecular weight is 1180 g/mol. The van der Waals surface area contributed by atoms with Gasteiger partial charge in [0.05, 0.1) is 11.4 Å². The van der Waals surface area contributed by atoms with Crippen molar-refractivity contribution in [3.63, 3.8) is 0 Å². The molecule has 0 atom stereocenters. The van der Waals surface area contributed by atoms with Crippen LogP contribution in [0.25, 0.3) is 143 Å². The van der Waals surface area contributed by atoms with Crippen LogP contribution in [0.3, 0.4) is 0 Å². The van der Waals surface area contributed by atoms with Crippen molar-refractivity contribution < 1.29 is 17.7 Å². The Kier molecular flexibility index (Phi) is 12.5. The van der Waals surface area contributed by atoms with Crippen LogP contribution in [0.1, 0.15) is 0 Å². The molecule has 19 rings (SSSR count). The maximum atomic E-state index is 6.74. The molecule has 0 amide bonds. The van der Waals surface area contributed by atoms with Crippen LogP contribution in [0.15, 0.2) is 345 Å². The van der Waals surface area contributed by atoms with E-state index in [1.807, 2.05) is 54.6 Å². The van der Waals surface area contributed by atoms with Gasteiger partial charge in [-0.25, -0.2) is 0 Å². The normalized spacial score (nSPS) is 11.7. The highest BCUT2D eigenvalue weighted by Gasteiger charge is 2.26. The largest absolute Gasteiger partial charge is 0.456 e. The molecule has 0 spiro atoms. The fourth-order valence-corrected chi connectivity index (χ4v) is 13.9. The van der Waals surface area contributed by atoms with Gasteiger partial charge < -0.3 is 27.5 Å². The van der Waals surface area contributed by atoms with Gasteiger partial charge in [-0.1, -0.05) is 231 Å². The highest BCUT2D eigenvalue weighted by Crippen LogP contribution is 2.50. The van der Waals surface area contributed by atoms with Gasteiger partial charge in [0.1, 0.15) is 44.7 Å². The lowest BCUT2D eigenvalue weighted by Crippen LogP contribution is -2.10. The van der Waals surface area contributed by atoms with Crippen molar-refractivity contribution in [1.29, 1.82) is 0 Å². The molecule has 6 heteroatoms. The summed E-state index contributed by atoms with van der Waals surface area (Å²) < 4.78 is 26.0. The van der Waals surface area contributed by atoms with E-state index in [1.54, 1.807) is 0 Å². The molecule has 19 aromatic rings. The van der Waals surface area contributed by atoms with E-state index in [-0.39, 0.29) is 0 Å². The summed E-state index contributed by atoms with van der Waals surface area (Å²) in [6.07, 6.45) is 0. The molecule has 0 aliphatic carbocycles. The molecule has 0 saturated heterocycles. The summed E-state index contributed by atoms with van der Waals surface area (Å²) in [5.41, 5.74) is 20.4. The maximum absolute atomic E-state index is 6.74. The third kappa shape index (κ3) is 8.80. The first kappa shape index (κ1) is 52.7. The van der Waals surface area contributed by atoms with Gasteiger partial charge in [-0.2, -0.15) is 0 Å². The lowest BCUT2D eigenvalue weighted by atomic mass is 9.98. The topological polar surface area (TPSA) is 59.0 Å². The molecule has 0 saturated carbocycles. The second kappa shape index (κ2) is 21.7. The van der Waals surface area contributed by atoms with E-state index in [0.717, 1.165) is 143 Å². The SMILES string of the molecule is c1ccc(-c2ccc(N(c3ccc(-c4ccccc4)cc3)c3cc4oc5ccc6oc7ccccc7c6c5c4c4ccccc34)cc2)cc1.c1ccc(-c2ccc(N(c3ccccc3)c3cc4oc5ccc6oc7ccccc7c6c5c4c4ccccc34)cc2)cc1. The van der Waals surface area contributed by atoms with E-state index >= 15 is 0 Å². The predicted molar refractivity (Wildman–Crippen MR) is 383 cm³/mol. The molecular formula is C86H54N2O4. The smallest absolute Gasteiger partial charge is 0.138 e. The highest BCUT2D eigenvalue weighted by atomic mass is 16.3. The predicted octanol–water partition coefficient (Wildman–Crippen LogP) is 25.2. The molecule has 4 heterocycles. The molecule has 0 radical (unpaired) electrons. The number of fused-ring (bicyclic) bond motifs is 18. The summed E-state index contributed by atoms with van der Waals surface area (Å²) >= 11 is 0. The lowest BCUT2D eigenvalue weighted by molar-refractivity contribution is 0.663. The first-order valence-electron chi connectivity index (χ1n) is 31.1. The Morgan fingerprint density at radius 1 is 0.163 bits per heavy atom. The number of nitrogens with zero attached hydrogens (tertiary/aromatic N) is 2. The van der Waals surface area contributed by atoms with Gasteiger partial charge in [-0.3, -0.25) is 0 Å². The van der Waals surface area contributed by atoms with Crippen LogP contribution in [0.5, 0.6) is 0 Å². The molecule has 15 aromatic carbocycles. The zero-order valence-corrected chi connectivity index (χ0v) is 49.7. The van der Waals surface area contributed by atoms with Crippen LogP contribution in [0.2, 0.25) is 0 Å². The summed E-state index contributed by atoms with van der Waals surface area (Å²) in [5.74, 6) is 0. The summed E-state index contributed by atoms with van der Waals surface area (Å²) in [5, 5.41) is 13.4. The van der Waals surface area contributed by atoms with E-state index in [0.29, 0.717) is 0 Å². The van der Waals surface area contributed by atoms with E-state index in [9.17, 15) is 0 Å². The van der Waals surface area contributed by atoms with E-state index in [4.69, 9.17) is 17.7 Å². The number of hydrogen-bond acceptors (Lipinski definition) is 6. The first-order chi connectivity index (χ1) is 45.6. The molecule has 0 fully saturated rings. The van der Waals surface area contributed by atoms with Crippen molar-refractivity contribution in [3.05, 3.63) is 328 Å². The Bertz CT molecular complexity index is 5890. The standard InChI is InChI=1S/C46H29NO2.C40H25NO2/c1-3-11-30(12-4-1)32-19-23-34(24-20-32)47(35-25-21-33(22-26-35)31-13-5-2-6-14-31)39-29-43-44(37-16-8-7-15-36(37)39)46-42(49-43)28-27-41-45(46)38-17-9-10-18-40(38)48-41;1-3-11-26(12-4-1)27-19-21-29(22-20-27)41(28-13-5-2-6-14-28)33-25-37-38(31-16-8-7-15-30(31)33)40-36(43-37)24-23-35-39(40)32-17-9-10-18-34(32)42-35/h1-29H;1-25H. The monoisotopic (exact) mass is 1180 g/mol. The molecular weight excluding hydrogens is 1120 g/mol. The van der Waals surface area contributed by atoms with Crippen molar-refractivity contribution >= 4 is 143 Å². The Morgan fingerprint density at radius 2 is 0.413 bits per heavy atom. The molecule has 0 unspecified atom stereocenters. The molecule has 0 aliphatic rings. The van der Waals surface area contributed by atoms with Crippen molar-refractivity contribution in [2.75, 3.05) is 9.80 Å².